The van der Waals surface area contributed by atoms with Gasteiger partial charge in [-0.25, -0.2) is 8.42 Å². The van der Waals surface area contributed by atoms with Gasteiger partial charge >= 0.3 is 0 Å². The molecule has 2 aromatic carbocycles. The first kappa shape index (κ1) is 18.8. The van der Waals surface area contributed by atoms with Crippen molar-refractivity contribution in [3.05, 3.63) is 48.0 Å². The standard InChI is InChI=1S/C21H25N3O3S/c1-16-15-19(10-11-20(16)24-14-4-5-21(24)25)28(26,27)22-17-6-8-18(9-7-17)23-12-2-3-13-23/h6-11,15,22H,2-5,12-14H2,1H3. The number of hydrogen-bond donors (Lipinski definition) is 1. The van der Waals surface area contributed by atoms with Gasteiger partial charge in [-0.1, -0.05) is 0 Å². The van der Waals surface area contributed by atoms with E-state index in [9.17, 15) is 13.2 Å². The Morgan fingerprint density at radius 1 is 0.929 bits per heavy atom. The number of anilines is 3. The van der Waals surface area contributed by atoms with Gasteiger partial charge in [-0.15, -0.1) is 0 Å². The minimum atomic E-state index is -3.69. The number of nitrogens with zero attached hydrogens (tertiary/aromatic N) is 2. The molecular weight excluding hydrogens is 374 g/mol. The Hall–Kier alpha value is -2.54. The third kappa shape index (κ3) is 3.71. The van der Waals surface area contributed by atoms with Gasteiger partial charge in [0.05, 0.1) is 4.90 Å². The zero-order chi connectivity index (χ0) is 19.7. The summed E-state index contributed by atoms with van der Waals surface area (Å²) >= 11 is 0. The SMILES string of the molecule is Cc1cc(S(=O)(=O)Nc2ccc(N3CCCC3)cc2)ccc1N1CCCC1=O. The van der Waals surface area contributed by atoms with Gasteiger partial charge < -0.3 is 9.80 Å². The Morgan fingerprint density at radius 2 is 1.64 bits per heavy atom. The highest BCUT2D eigenvalue weighted by atomic mass is 32.2. The van der Waals surface area contributed by atoms with E-state index in [0.717, 1.165) is 36.4 Å². The number of carbonyl (C=O) groups is 1. The van der Waals surface area contributed by atoms with Gasteiger partial charge in [0.25, 0.3) is 10.0 Å². The van der Waals surface area contributed by atoms with E-state index in [1.165, 1.54) is 12.8 Å². The molecule has 148 valence electrons. The minimum Gasteiger partial charge on any atom is -0.372 e. The van der Waals surface area contributed by atoms with E-state index < -0.39 is 10.0 Å². The first-order valence-electron chi connectivity index (χ1n) is 9.73. The molecule has 2 aromatic rings. The van der Waals surface area contributed by atoms with Crippen LogP contribution in [0.5, 0.6) is 0 Å². The maximum atomic E-state index is 12.8. The highest BCUT2D eigenvalue weighted by Gasteiger charge is 2.24. The largest absolute Gasteiger partial charge is 0.372 e. The molecule has 0 atom stereocenters. The molecule has 0 aliphatic carbocycles. The van der Waals surface area contributed by atoms with Gasteiger partial charge in [-0.2, -0.15) is 0 Å². The number of amides is 1. The van der Waals surface area contributed by atoms with Crippen molar-refractivity contribution in [3.63, 3.8) is 0 Å². The van der Waals surface area contributed by atoms with Crippen LogP contribution in [0.4, 0.5) is 17.1 Å². The molecule has 0 saturated carbocycles. The van der Waals surface area contributed by atoms with E-state index in [1.807, 2.05) is 19.1 Å². The van der Waals surface area contributed by atoms with Crippen LogP contribution in [0.1, 0.15) is 31.2 Å². The normalized spacial score (nSPS) is 17.4. The van der Waals surface area contributed by atoms with Crippen molar-refractivity contribution < 1.29 is 13.2 Å². The average molecular weight is 400 g/mol. The molecule has 1 N–H and O–H groups in total. The monoisotopic (exact) mass is 399 g/mol. The summed E-state index contributed by atoms with van der Waals surface area (Å²) in [5, 5.41) is 0. The van der Waals surface area contributed by atoms with Gasteiger partial charge in [0, 0.05) is 43.1 Å². The molecule has 2 fully saturated rings. The highest BCUT2D eigenvalue weighted by molar-refractivity contribution is 7.92. The fraction of sp³-hybridized carbons (Fsp3) is 0.381. The maximum Gasteiger partial charge on any atom is 0.261 e. The average Bonchev–Trinajstić information content (AvgIpc) is 3.34. The lowest BCUT2D eigenvalue weighted by molar-refractivity contribution is -0.117. The topological polar surface area (TPSA) is 69.7 Å². The van der Waals surface area contributed by atoms with Crippen molar-refractivity contribution in [1.82, 2.24) is 0 Å². The Kier molecular flexibility index (Phi) is 5.02. The van der Waals surface area contributed by atoms with Crippen molar-refractivity contribution in [2.45, 2.75) is 37.5 Å². The second-order valence-electron chi connectivity index (χ2n) is 7.44. The van der Waals surface area contributed by atoms with E-state index in [1.54, 1.807) is 35.2 Å². The van der Waals surface area contributed by atoms with Crippen LogP contribution in [0.15, 0.2) is 47.4 Å². The lowest BCUT2D eigenvalue weighted by atomic mass is 10.2. The molecule has 28 heavy (non-hydrogen) atoms. The maximum absolute atomic E-state index is 12.8. The predicted octanol–water partition coefficient (Wildman–Crippen LogP) is 3.52. The minimum absolute atomic E-state index is 0.0925. The third-order valence-corrected chi connectivity index (χ3v) is 6.81. The van der Waals surface area contributed by atoms with Crippen LogP contribution in [-0.2, 0) is 14.8 Å². The van der Waals surface area contributed by atoms with Crippen LogP contribution in [0, 0.1) is 6.92 Å². The number of nitrogens with one attached hydrogen (secondary N) is 1. The van der Waals surface area contributed by atoms with Crippen LogP contribution in [-0.4, -0.2) is 34.0 Å². The smallest absolute Gasteiger partial charge is 0.261 e. The van der Waals surface area contributed by atoms with Crippen LogP contribution in [0.2, 0.25) is 0 Å². The van der Waals surface area contributed by atoms with Crippen molar-refractivity contribution in [1.29, 1.82) is 0 Å². The highest BCUT2D eigenvalue weighted by Crippen LogP contribution is 2.28. The summed E-state index contributed by atoms with van der Waals surface area (Å²) in [6.07, 6.45) is 3.79. The number of sulfonamides is 1. The van der Waals surface area contributed by atoms with E-state index in [0.29, 0.717) is 18.7 Å². The molecule has 2 aliphatic heterocycles. The molecule has 0 radical (unpaired) electrons. The van der Waals surface area contributed by atoms with Crippen LogP contribution in [0.25, 0.3) is 0 Å². The second-order valence-corrected chi connectivity index (χ2v) is 9.13. The summed E-state index contributed by atoms with van der Waals surface area (Å²) in [7, 11) is -3.69. The summed E-state index contributed by atoms with van der Waals surface area (Å²) in [6, 6.07) is 12.4. The Morgan fingerprint density at radius 3 is 2.25 bits per heavy atom. The number of aryl methyl sites for hydroxylation is 1. The number of hydrogen-bond acceptors (Lipinski definition) is 4. The first-order chi connectivity index (χ1) is 13.4. The van der Waals surface area contributed by atoms with Gasteiger partial charge in [0.1, 0.15) is 0 Å². The van der Waals surface area contributed by atoms with Gasteiger partial charge in [-0.3, -0.25) is 9.52 Å². The zero-order valence-corrected chi connectivity index (χ0v) is 16.8. The molecule has 0 spiro atoms. The molecule has 6 nitrogen and oxygen atoms in total. The third-order valence-electron chi connectivity index (χ3n) is 5.43. The van der Waals surface area contributed by atoms with Crippen LogP contribution in [0.3, 0.4) is 0 Å². The summed E-state index contributed by atoms with van der Waals surface area (Å²) in [5.74, 6) is 0.0925. The number of benzene rings is 2. The fourth-order valence-electron chi connectivity index (χ4n) is 3.93. The molecular formula is C21H25N3O3S. The van der Waals surface area contributed by atoms with Crippen LogP contribution < -0.4 is 14.5 Å². The van der Waals surface area contributed by atoms with E-state index >= 15 is 0 Å². The van der Waals surface area contributed by atoms with Gasteiger partial charge in [0.15, 0.2) is 0 Å². The lowest BCUT2D eigenvalue weighted by Gasteiger charge is -2.19. The quantitative estimate of drug-likeness (QED) is 0.835. The molecule has 2 aliphatic rings. The molecule has 2 heterocycles. The van der Waals surface area contributed by atoms with Crippen LogP contribution >= 0.6 is 0 Å². The Bertz CT molecular complexity index is 980. The molecule has 2 saturated heterocycles. The summed E-state index contributed by atoms with van der Waals surface area (Å²) < 4.78 is 28.2. The summed E-state index contributed by atoms with van der Waals surface area (Å²) in [4.78, 5) is 16.2. The van der Waals surface area contributed by atoms with E-state index in [4.69, 9.17) is 0 Å². The Balaban J connectivity index is 1.51. The molecule has 4 rings (SSSR count). The Labute approximate surface area is 166 Å². The lowest BCUT2D eigenvalue weighted by Crippen LogP contribution is -2.24. The van der Waals surface area contributed by atoms with Crippen molar-refractivity contribution in [2.24, 2.45) is 0 Å². The summed E-state index contributed by atoms with van der Waals surface area (Å²) in [5.41, 5.74) is 3.23. The predicted molar refractivity (Wildman–Crippen MR) is 111 cm³/mol. The first-order valence-corrected chi connectivity index (χ1v) is 11.2. The zero-order valence-electron chi connectivity index (χ0n) is 16.0. The molecule has 0 unspecified atom stereocenters. The van der Waals surface area contributed by atoms with E-state index in [-0.39, 0.29) is 10.8 Å². The fourth-order valence-corrected chi connectivity index (χ4v) is 5.07. The van der Waals surface area contributed by atoms with Crippen molar-refractivity contribution in [3.8, 4) is 0 Å². The van der Waals surface area contributed by atoms with Gasteiger partial charge in [-0.05, 0) is 74.2 Å². The molecule has 7 heteroatoms. The molecule has 0 aromatic heterocycles. The van der Waals surface area contributed by atoms with Gasteiger partial charge in [0.2, 0.25) is 5.91 Å². The molecule has 1 amide bonds. The number of rotatable bonds is 5. The second kappa shape index (κ2) is 7.47. The van der Waals surface area contributed by atoms with Crippen molar-refractivity contribution in [2.75, 3.05) is 34.2 Å². The number of carbonyl (C=O) groups excluding carboxylic acids is 1. The van der Waals surface area contributed by atoms with E-state index in [2.05, 4.69) is 9.62 Å². The summed E-state index contributed by atoms with van der Waals surface area (Å²) in [6.45, 7) is 4.63. The van der Waals surface area contributed by atoms with Crippen molar-refractivity contribution >= 4 is 33.0 Å². The molecule has 0 bridgehead atoms.